The molecule has 1 aromatic carbocycles. The lowest BCUT2D eigenvalue weighted by atomic mass is 9.90. The van der Waals surface area contributed by atoms with E-state index in [-0.39, 0.29) is 18.4 Å². The van der Waals surface area contributed by atoms with Crippen LogP contribution in [0.15, 0.2) is 18.2 Å². The van der Waals surface area contributed by atoms with Gasteiger partial charge in [0.2, 0.25) is 5.91 Å². The Balaban J connectivity index is 1.95. The molecule has 2 atom stereocenters. The second kappa shape index (κ2) is 7.11. The molecule has 1 aliphatic rings. The third kappa shape index (κ3) is 4.45. The number of carboxylic acids is 1. The van der Waals surface area contributed by atoms with Crippen LogP contribution in [-0.4, -0.2) is 41.5 Å². The third-order valence-electron chi connectivity index (χ3n) is 3.85. The molecule has 2 N–H and O–H groups in total. The topological polar surface area (TPSA) is 69.6 Å². The van der Waals surface area contributed by atoms with Crippen LogP contribution in [-0.2, 0) is 9.59 Å². The molecule has 2 rings (SSSR count). The van der Waals surface area contributed by atoms with Crippen LogP contribution in [0.4, 0.5) is 5.69 Å². The van der Waals surface area contributed by atoms with Crippen LogP contribution in [0.3, 0.4) is 0 Å². The minimum Gasteiger partial charge on any atom is -0.481 e. The molecule has 0 saturated carbocycles. The molecule has 0 radical (unpaired) electrons. The lowest BCUT2D eigenvalue weighted by Crippen LogP contribution is -2.45. The van der Waals surface area contributed by atoms with E-state index in [1.54, 1.807) is 12.1 Å². The van der Waals surface area contributed by atoms with E-state index in [4.69, 9.17) is 16.7 Å². The number of benzene rings is 1. The van der Waals surface area contributed by atoms with Gasteiger partial charge in [-0.3, -0.25) is 14.5 Å². The summed E-state index contributed by atoms with van der Waals surface area (Å²) < 4.78 is 0. The SMILES string of the molecule is Cc1ccc(NC(=O)CN2CC(C)CC(C(=O)O)C2)c(Cl)c1. The number of hydrogen-bond donors (Lipinski definition) is 2. The van der Waals surface area contributed by atoms with Gasteiger partial charge in [-0.05, 0) is 37.0 Å². The standard InChI is InChI=1S/C16H21ClN2O3/c1-10-3-4-14(13(17)6-10)18-15(20)9-19-7-11(2)5-12(8-19)16(21)22/h3-4,6,11-12H,5,7-9H2,1-2H3,(H,18,20)(H,21,22). The molecule has 1 aliphatic heterocycles. The first kappa shape index (κ1) is 16.8. The minimum absolute atomic E-state index is 0.177. The van der Waals surface area contributed by atoms with E-state index in [0.717, 1.165) is 12.1 Å². The van der Waals surface area contributed by atoms with Gasteiger partial charge in [0.15, 0.2) is 0 Å². The van der Waals surface area contributed by atoms with Crippen LogP contribution in [0.5, 0.6) is 0 Å². The summed E-state index contributed by atoms with van der Waals surface area (Å²) in [6, 6.07) is 5.44. The molecule has 1 aromatic rings. The van der Waals surface area contributed by atoms with Crippen LogP contribution < -0.4 is 5.32 Å². The smallest absolute Gasteiger partial charge is 0.307 e. The second-order valence-corrected chi connectivity index (χ2v) is 6.51. The lowest BCUT2D eigenvalue weighted by Gasteiger charge is -2.34. The van der Waals surface area contributed by atoms with Gasteiger partial charge in [-0.2, -0.15) is 0 Å². The Hall–Kier alpha value is -1.59. The van der Waals surface area contributed by atoms with Crippen molar-refractivity contribution in [2.75, 3.05) is 25.0 Å². The number of likely N-dealkylation sites (tertiary alicyclic amines) is 1. The molecule has 120 valence electrons. The average molecular weight is 325 g/mol. The maximum Gasteiger partial charge on any atom is 0.307 e. The molecular formula is C16H21ClN2O3. The fourth-order valence-corrected chi connectivity index (χ4v) is 3.17. The Bertz CT molecular complexity index is 577. The largest absolute Gasteiger partial charge is 0.481 e. The van der Waals surface area contributed by atoms with E-state index in [1.807, 2.05) is 24.8 Å². The molecule has 1 heterocycles. The Kier molecular flexibility index (Phi) is 5.42. The molecule has 1 saturated heterocycles. The Morgan fingerprint density at radius 3 is 2.77 bits per heavy atom. The fraction of sp³-hybridized carbons (Fsp3) is 0.500. The van der Waals surface area contributed by atoms with Crippen LogP contribution in [0.2, 0.25) is 5.02 Å². The zero-order valence-corrected chi connectivity index (χ0v) is 13.6. The maximum atomic E-state index is 12.1. The van der Waals surface area contributed by atoms with Crippen LogP contribution in [0.1, 0.15) is 18.9 Å². The Morgan fingerprint density at radius 1 is 1.41 bits per heavy atom. The first-order chi connectivity index (χ1) is 10.3. The highest BCUT2D eigenvalue weighted by molar-refractivity contribution is 6.33. The van der Waals surface area contributed by atoms with Gasteiger partial charge in [0, 0.05) is 13.1 Å². The molecule has 1 fully saturated rings. The normalized spacial score (nSPS) is 22.3. The van der Waals surface area contributed by atoms with Gasteiger partial charge in [-0.25, -0.2) is 0 Å². The number of hydrogen-bond acceptors (Lipinski definition) is 3. The number of carboxylic acid groups (broad SMARTS) is 1. The van der Waals surface area contributed by atoms with Gasteiger partial charge in [-0.1, -0.05) is 24.6 Å². The highest BCUT2D eigenvalue weighted by Gasteiger charge is 2.30. The second-order valence-electron chi connectivity index (χ2n) is 6.10. The number of carbonyl (C=O) groups excluding carboxylic acids is 1. The van der Waals surface area contributed by atoms with Crippen molar-refractivity contribution in [2.24, 2.45) is 11.8 Å². The van der Waals surface area contributed by atoms with Crippen LogP contribution in [0.25, 0.3) is 0 Å². The molecule has 22 heavy (non-hydrogen) atoms. The first-order valence-corrected chi connectivity index (χ1v) is 7.74. The summed E-state index contributed by atoms with van der Waals surface area (Å²) in [6.07, 6.45) is 0.664. The van der Waals surface area contributed by atoms with E-state index in [0.29, 0.717) is 23.7 Å². The average Bonchev–Trinajstić information content (AvgIpc) is 2.41. The van der Waals surface area contributed by atoms with Crippen LogP contribution >= 0.6 is 11.6 Å². The molecule has 0 bridgehead atoms. The van der Waals surface area contributed by atoms with Gasteiger partial charge in [0.1, 0.15) is 0 Å². The number of aliphatic carboxylic acids is 1. The summed E-state index contributed by atoms with van der Waals surface area (Å²) in [5.74, 6) is -1.10. The van der Waals surface area contributed by atoms with E-state index in [1.165, 1.54) is 0 Å². The van der Waals surface area contributed by atoms with E-state index >= 15 is 0 Å². The van der Waals surface area contributed by atoms with Gasteiger partial charge in [0.25, 0.3) is 0 Å². The summed E-state index contributed by atoms with van der Waals surface area (Å²) in [6.45, 7) is 5.27. The number of nitrogens with one attached hydrogen (secondary N) is 1. The number of halogens is 1. The molecule has 5 nitrogen and oxygen atoms in total. The third-order valence-corrected chi connectivity index (χ3v) is 4.16. The van der Waals surface area contributed by atoms with Gasteiger partial charge in [0.05, 0.1) is 23.2 Å². The Morgan fingerprint density at radius 2 is 2.14 bits per heavy atom. The number of aryl methyl sites for hydroxylation is 1. The van der Waals surface area contributed by atoms with Crippen molar-refractivity contribution in [3.8, 4) is 0 Å². The van der Waals surface area contributed by atoms with Crippen molar-refractivity contribution < 1.29 is 14.7 Å². The summed E-state index contributed by atoms with van der Waals surface area (Å²) in [4.78, 5) is 25.2. The minimum atomic E-state index is -0.793. The van der Waals surface area contributed by atoms with Gasteiger partial charge >= 0.3 is 5.97 Å². The molecule has 6 heteroatoms. The lowest BCUT2D eigenvalue weighted by molar-refractivity contribution is -0.144. The number of carbonyl (C=O) groups is 2. The molecule has 1 amide bonds. The van der Waals surface area contributed by atoms with Crippen molar-refractivity contribution in [3.63, 3.8) is 0 Å². The number of nitrogens with zero attached hydrogens (tertiary/aromatic N) is 1. The van der Waals surface area contributed by atoms with Crippen molar-refractivity contribution >= 4 is 29.2 Å². The highest BCUT2D eigenvalue weighted by Crippen LogP contribution is 2.24. The summed E-state index contributed by atoms with van der Waals surface area (Å²) in [5, 5.41) is 12.4. The van der Waals surface area contributed by atoms with Crippen molar-refractivity contribution in [1.82, 2.24) is 4.90 Å². The fourth-order valence-electron chi connectivity index (χ4n) is 2.88. The van der Waals surface area contributed by atoms with E-state index in [9.17, 15) is 9.59 Å². The Labute approximate surface area is 135 Å². The summed E-state index contributed by atoms with van der Waals surface area (Å²) in [5.41, 5.74) is 1.61. The highest BCUT2D eigenvalue weighted by atomic mass is 35.5. The molecule has 2 unspecified atom stereocenters. The number of anilines is 1. The zero-order chi connectivity index (χ0) is 16.3. The first-order valence-electron chi connectivity index (χ1n) is 7.36. The maximum absolute atomic E-state index is 12.1. The van der Waals surface area contributed by atoms with Crippen molar-refractivity contribution in [3.05, 3.63) is 28.8 Å². The molecule has 0 aromatic heterocycles. The molecule has 0 spiro atoms. The predicted molar refractivity (Wildman–Crippen MR) is 86.2 cm³/mol. The predicted octanol–water partition coefficient (Wildman–Crippen LogP) is 2.63. The van der Waals surface area contributed by atoms with Gasteiger partial charge < -0.3 is 10.4 Å². The quantitative estimate of drug-likeness (QED) is 0.893. The monoisotopic (exact) mass is 324 g/mol. The summed E-state index contributed by atoms with van der Waals surface area (Å²) >= 11 is 6.10. The van der Waals surface area contributed by atoms with Crippen LogP contribution in [0, 0.1) is 18.8 Å². The van der Waals surface area contributed by atoms with Gasteiger partial charge in [-0.15, -0.1) is 0 Å². The summed E-state index contributed by atoms with van der Waals surface area (Å²) in [7, 11) is 0. The van der Waals surface area contributed by atoms with E-state index < -0.39 is 11.9 Å². The number of rotatable bonds is 4. The van der Waals surface area contributed by atoms with E-state index in [2.05, 4.69) is 5.32 Å². The molecular weight excluding hydrogens is 304 g/mol. The number of amides is 1. The zero-order valence-electron chi connectivity index (χ0n) is 12.8. The van der Waals surface area contributed by atoms with Crippen molar-refractivity contribution in [2.45, 2.75) is 20.3 Å². The molecule has 0 aliphatic carbocycles. The number of piperidine rings is 1. The van der Waals surface area contributed by atoms with Crippen molar-refractivity contribution in [1.29, 1.82) is 0 Å².